The molecule has 7 nitrogen and oxygen atoms in total. The number of nitrogens with zero attached hydrogens (tertiary/aromatic N) is 2. The number of aromatic nitrogens is 3. The molecule has 0 amide bonds. The maximum Gasteiger partial charge on any atom is 0.259 e. The fourth-order valence-corrected chi connectivity index (χ4v) is 1.52. The molecule has 0 saturated heterocycles. The second kappa shape index (κ2) is 5.56. The first-order chi connectivity index (χ1) is 9.38. The van der Waals surface area contributed by atoms with Gasteiger partial charge in [0.2, 0.25) is 5.56 Å². The van der Waals surface area contributed by atoms with Gasteiger partial charge >= 0.3 is 0 Å². The highest BCUT2D eigenvalue weighted by molar-refractivity contribution is 5.50. The van der Waals surface area contributed by atoms with Crippen LogP contribution in [0.4, 0.5) is 0 Å². The Kier molecular flexibility index (Phi) is 4.01. The molecule has 20 heavy (non-hydrogen) atoms. The second-order valence-corrected chi connectivity index (χ2v) is 5.14. The largest absolute Gasteiger partial charge is 0.376 e. The predicted molar refractivity (Wildman–Crippen MR) is 73.0 cm³/mol. The van der Waals surface area contributed by atoms with Gasteiger partial charge in [-0.25, -0.2) is 0 Å². The van der Waals surface area contributed by atoms with Gasteiger partial charge in [-0.3, -0.25) is 4.79 Å². The van der Waals surface area contributed by atoms with Gasteiger partial charge in [-0.05, 0) is 26.8 Å². The molecule has 0 aliphatic heterocycles. The van der Waals surface area contributed by atoms with Crippen molar-refractivity contribution < 1.29 is 9.26 Å². The number of pyridine rings is 1. The molecule has 108 valence electrons. The summed E-state index contributed by atoms with van der Waals surface area (Å²) in [5.74, 6) is 0.664. The Bertz CT molecular complexity index is 610. The molecule has 1 atom stereocenters. The molecule has 0 aromatic carbocycles. The van der Waals surface area contributed by atoms with Crippen molar-refractivity contribution in [1.29, 1.82) is 0 Å². The van der Waals surface area contributed by atoms with Crippen LogP contribution >= 0.6 is 0 Å². The minimum atomic E-state index is -0.839. The van der Waals surface area contributed by atoms with Crippen LogP contribution in [-0.2, 0) is 10.3 Å². The molecule has 0 fully saturated rings. The lowest BCUT2D eigenvalue weighted by Crippen LogP contribution is -2.40. The molecule has 0 radical (unpaired) electrons. The quantitative estimate of drug-likeness (QED) is 0.845. The van der Waals surface area contributed by atoms with Crippen molar-refractivity contribution in [3.8, 4) is 11.5 Å². The van der Waals surface area contributed by atoms with Gasteiger partial charge in [0.25, 0.3) is 5.89 Å². The van der Waals surface area contributed by atoms with E-state index >= 15 is 0 Å². The van der Waals surface area contributed by atoms with E-state index in [1.165, 1.54) is 12.3 Å². The van der Waals surface area contributed by atoms with Crippen LogP contribution in [0.3, 0.4) is 0 Å². The summed E-state index contributed by atoms with van der Waals surface area (Å²) in [5.41, 5.74) is 5.73. The van der Waals surface area contributed by atoms with Gasteiger partial charge in [-0.2, -0.15) is 4.98 Å². The third-order valence-electron chi connectivity index (χ3n) is 2.68. The average molecular weight is 278 g/mol. The minimum Gasteiger partial charge on any atom is -0.376 e. The molecule has 0 aliphatic carbocycles. The molecule has 0 spiro atoms. The fraction of sp³-hybridized carbons (Fsp3) is 0.462. The summed E-state index contributed by atoms with van der Waals surface area (Å²) in [7, 11) is 0. The average Bonchev–Trinajstić information content (AvgIpc) is 2.88. The highest BCUT2D eigenvalue weighted by Crippen LogP contribution is 2.20. The Morgan fingerprint density at radius 1 is 1.50 bits per heavy atom. The minimum absolute atomic E-state index is 0.0726. The van der Waals surface area contributed by atoms with E-state index in [-0.39, 0.29) is 18.3 Å². The lowest BCUT2D eigenvalue weighted by molar-refractivity contribution is 0.0410. The lowest BCUT2D eigenvalue weighted by Gasteiger charge is -2.21. The fourth-order valence-electron chi connectivity index (χ4n) is 1.52. The van der Waals surface area contributed by atoms with E-state index in [1.807, 2.05) is 13.8 Å². The number of nitrogens with two attached hydrogens (primary N) is 1. The van der Waals surface area contributed by atoms with Crippen LogP contribution < -0.4 is 11.3 Å². The SMILES string of the molecule is CC(C)OCC(C)(N)c1noc(-c2ccc(=O)[nH]c2)n1. The number of hydrogen-bond acceptors (Lipinski definition) is 6. The summed E-state index contributed by atoms with van der Waals surface area (Å²) < 4.78 is 10.7. The van der Waals surface area contributed by atoms with Gasteiger partial charge in [0, 0.05) is 12.3 Å². The molecule has 2 aromatic heterocycles. The summed E-state index contributed by atoms with van der Waals surface area (Å²) >= 11 is 0. The van der Waals surface area contributed by atoms with Gasteiger partial charge in [0.15, 0.2) is 5.82 Å². The van der Waals surface area contributed by atoms with Gasteiger partial charge < -0.3 is 20.0 Å². The first-order valence-electron chi connectivity index (χ1n) is 6.32. The summed E-state index contributed by atoms with van der Waals surface area (Å²) in [4.78, 5) is 17.8. The van der Waals surface area contributed by atoms with Crippen molar-refractivity contribution in [1.82, 2.24) is 15.1 Å². The van der Waals surface area contributed by atoms with E-state index < -0.39 is 5.54 Å². The second-order valence-electron chi connectivity index (χ2n) is 5.14. The highest BCUT2D eigenvalue weighted by Gasteiger charge is 2.28. The van der Waals surface area contributed by atoms with Crippen molar-refractivity contribution in [3.63, 3.8) is 0 Å². The van der Waals surface area contributed by atoms with E-state index in [1.54, 1.807) is 13.0 Å². The molecule has 0 saturated carbocycles. The van der Waals surface area contributed by atoms with E-state index in [4.69, 9.17) is 15.0 Å². The monoisotopic (exact) mass is 278 g/mol. The number of hydrogen-bond donors (Lipinski definition) is 2. The molecule has 2 aromatic rings. The van der Waals surface area contributed by atoms with Gasteiger partial charge in [0.1, 0.15) is 5.54 Å². The predicted octanol–water partition coefficient (Wildman–Crippen LogP) is 1.02. The van der Waals surface area contributed by atoms with Crippen LogP contribution in [0.15, 0.2) is 27.6 Å². The van der Waals surface area contributed by atoms with Crippen molar-refractivity contribution in [3.05, 3.63) is 34.5 Å². The molecular weight excluding hydrogens is 260 g/mol. The maximum atomic E-state index is 11.0. The molecule has 2 heterocycles. The first-order valence-corrected chi connectivity index (χ1v) is 6.32. The number of nitrogens with one attached hydrogen (secondary N) is 1. The zero-order chi connectivity index (χ0) is 14.8. The van der Waals surface area contributed by atoms with Crippen LogP contribution in [0.5, 0.6) is 0 Å². The first kappa shape index (κ1) is 14.4. The highest BCUT2D eigenvalue weighted by atomic mass is 16.5. The summed E-state index contributed by atoms with van der Waals surface area (Å²) in [5, 5.41) is 3.88. The lowest BCUT2D eigenvalue weighted by atomic mass is 10.1. The Balaban J connectivity index is 2.19. The third-order valence-corrected chi connectivity index (χ3v) is 2.68. The standard InChI is InChI=1S/C13H18N4O3/c1-8(2)19-7-13(3,14)12-16-11(20-17-12)9-4-5-10(18)15-6-9/h4-6,8H,7,14H2,1-3H3,(H,15,18). The van der Waals surface area contributed by atoms with Crippen LogP contribution in [-0.4, -0.2) is 27.8 Å². The van der Waals surface area contributed by atoms with E-state index in [2.05, 4.69) is 15.1 Å². The molecule has 3 N–H and O–H groups in total. The molecule has 2 rings (SSSR count). The zero-order valence-electron chi connectivity index (χ0n) is 11.7. The Morgan fingerprint density at radius 3 is 2.85 bits per heavy atom. The summed E-state index contributed by atoms with van der Waals surface area (Å²) in [6.45, 7) is 5.92. The maximum absolute atomic E-state index is 11.0. The normalized spacial score (nSPS) is 14.4. The topological polar surface area (TPSA) is 107 Å². The number of rotatable bonds is 5. The van der Waals surface area contributed by atoms with Crippen LogP contribution in [0.1, 0.15) is 26.6 Å². The molecule has 0 bridgehead atoms. The van der Waals surface area contributed by atoms with E-state index in [9.17, 15) is 4.79 Å². The molecular formula is C13H18N4O3. The zero-order valence-corrected chi connectivity index (χ0v) is 11.7. The Labute approximate surface area is 116 Å². The van der Waals surface area contributed by atoms with Crippen molar-refractivity contribution in [2.75, 3.05) is 6.61 Å². The van der Waals surface area contributed by atoms with Crippen LogP contribution in [0.25, 0.3) is 11.5 Å². The summed E-state index contributed by atoms with van der Waals surface area (Å²) in [6, 6.07) is 3.00. The van der Waals surface area contributed by atoms with Crippen molar-refractivity contribution in [2.45, 2.75) is 32.4 Å². The summed E-state index contributed by atoms with van der Waals surface area (Å²) in [6.07, 6.45) is 1.58. The number of aromatic amines is 1. The smallest absolute Gasteiger partial charge is 0.259 e. The molecule has 1 unspecified atom stereocenters. The van der Waals surface area contributed by atoms with Crippen LogP contribution in [0, 0.1) is 0 Å². The van der Waals surface area contributed by atoms with Gasteiger partial charge in [0.05, 0.1) is 18.3 Å². The molecule has 7 heteroatoms. The van der Waals surface area contributed by atoms with Crippen LogP contribution in [0.2, 0.25) is 0 Å². The number of ether oxygens (including phenoxy) is 1. The third kappa shape index (κ3) is 3.31. The van der Waals surface area contributed by atoms with Crippen molar-refractivity contribution >= 4 is 0 Å². The Morgan fingerprint density at radius 2 is 2.25 bits per heavy atom. The number of H-pyrrole nitrogens is 1. The van der Waals surface area contributed by atoms with Gasteiger partial charge in [-0.1, -0.05) is 5.16 Å². The van der Waals surface area contributed by atoms with Gasteiger partial charge in [-0.15, -0.1) is 0 Å². The van der Waals surface area contributed by atoms with Crippen molar-refractivity contribution in [2.24, 2.45) is 5.73 Å². The van der Waals surface area contributed by atoms with E-state index in [0.29, 0.717) is 17.3 Å². The Hall–Kier alpha value is -1.99. The van der Waals surface area contributed by atoms with E-state index in [0.717, 1.165) is 0 Å². The molecule has 0 aliphatic rings.